The highest BCUT2D eigenvalue weighted by atomic mass is 16.5. The van der Waals surface area contributed by atoms with Crippen LogP contribution in [0, 0.1) is 13.0 Å². The van der Waals surface area contributed by atoms with Crippen molar-refractivity contribution in [2.45, 2.75) is 33.3 Å². The van der Waals surface area contributed by atoms with Gasteiger partial charge in [0.15, 0.2) is 0 Å². The lowest BCUT2D eigenvalue weighted by Crippen LogP contribution is -1.99. The lowest BCUT2D eigenvalue weighted by Gasteiger charge is -2.12. The monoisotopic (exact) mass is 239 g/mol. The van der Waals surface area contributed by atoms with Crippen molar-refractivity contribution in [1.82, 2.24) is 0 Å². The quantitative estimate of drug-likeness (QED) is 0.754. The van der Waals surface area contributed by atoms with Crippen LogP contribution in [0.4, 0.5) is 0 Å². The summed E-state index contributed by atoms with van der Waals surface area (Å²) in [7, 11) is 0. The van der Waals surface area contributed by atoms with Crippen molar-refractivity contribution in [3.8, 4) is 5.75 Å². The standard InChI is InChI=1S/C17H19O/c1-3-8-16-11-7-12-17(14(16)2)18-13-15-9-5-4-6-10-15/h4-7,9-10,12H,3,8,13H2,1-2H3. The third kappa shape index (κ3) is 3.13. The van der Waals surface area contributed by atoms with Crippen molar-refractivity contribution in [3.05, 3.63) is 65.2 Å². The van der Waals surface area contributed by atoms with Gasteiger partial charge in [0.05, 0.1) is 0 Å². The van der Waals surface area contributed by atoms with Crippen molar-refractivity contribution in [2.75, 3.05) is 0 Å². The van der Waals surface area contributed by atoms with Gasteiger partial charge in [-0.15, -0.1) is 0 Å². The molecule has 2 aromatic rings. The van der Waals surface area contributed by atoms with Crippen molar-refractivity contribution in [3.63, 3.8) is 0 Å². The van der Waals surface area contributed by atoms with E-state index in [4.69, 9.17) is 4.74 Å². The molecule has 0 heterocycles. The fourth-order valence-electron chi connectivity index (χ4n) is 2.00. The zero-order chi connectivity index (χ0) is 12.8. The van der Waals surface area contributed by atoms with Crippen LogP contribution in [0.1, 0.15) is 30.0 Å². The van der Waals surface area contributed by atoms with Crippen LogP contribution in [0.25, 0.3) is 0 Å². The molecule has 0 aromatic heterocycles. The Labute approximate surface area is 109 Å². The van der Waals surface area contributed by atoms with Crippen LogP contribution in [0.3, 0.4) is 0 Å². The average molecular weight is 239 g/mol. The van der Waals surface area contributed by atoms with Crippen LogP contribution >= 0.6 is 0 Å². The number of hydrogen-bond donors (Lipinski definition) is 0. The molecule has 0 aliphatic carbocycles. The Hall–Kier alpha value is -1.76. The zero-order valence-electron chi connectivity index (χ0n) is 11.1. The Morgan fingerprint density at radius 1 is 1.11 bits per heavy atom. The third-order valence-corrected chi connectivity index (χ3v) is 3.05. The number of benzene rings is 2. The van der Waals surface area contributed by atoms with E-state index >= 15 is 0 Å². The largest absolute Gasteiger partial charge is 0.489 e. The molecule has 1 radical (unpaired) electrons. The number of aryl methyl sites for hydroxylation is 1. The van der Waals surface area contributed by atoms with Crippen molar-refractivity contribution < 1.29 is 4.74 Å². The summed E-state index contributed by atoms with van der Waals surface area (Å²) in [5.74, 6) is 0.973. The fraction of sp³-hybridized carbons (Fsp3) is 0.294. The van der Waals surface area contributed by atoms with Crippen LogP contribution in [0.5, 0.6) is 5.75 Å². The Bertz CT molecular complexity index is 488. The maximum atomic E-state index is 5.89. The molecule has 0 bridgehead atoms. The van der Waals surface area contributed by atoms with Crippen molar-refractivity contribution in [1.29, 1.82) is 0 Å². The van der Waals surface area contributed by atoms with Gasteiger partial charge in [-0.3, -0.25) is 0 Å². The number of rotatable bonds is 5. The molecule has 0 saturated carbocycles. The van der Waals surface area contributed by atoms with Crippen LogP contribution in [0.15, 0.2) is 42.5 Å². The molecule has 2 rings (SSSR count). The van der Waals surface area contributed by atoms with Gasteiger partial charge in [-0.1, -0.05) is 49.7 Å². The van der Waals surface area contributed by atoms with Crippen LogP contribution in [-0.2, 0) is 13.0 Å². The SMILES string of the molecule is CCCc1[c]ccc(OCc2ccccc2)c1C. The number of ether oxygens (including phenoxy) is 1. The van der Waals surface area contributed by atoms with E-state index in [-0.39, 0.29) is 0 Å². The Morgan fingerprint density at radius 3 is 2.61 bits per heavy atom. The van der Waals surface area contributed by atoms with E-state index in [2.05, 4.69) is 32.0 Å². The van der Waals surface area contributed by atoms with Gasteiger partial charge in [0, 0.05) is 0 Å². The molecule has 0 atom stereocenters. The lowest BCUT2D eigenvalue weighted by molar-refractivity contribution is 0.303. The summed E-state index contributed by atoms with van der Waals surface area (Å²) in [6, 6.07) is 17.5. The van der Waals surface area contributed by atoms with Crippen LogP contribution in [-0.4, -0.2) is 0 Å². The highest BCUT2D eigenvalue weighted by molar-refractivity contribution is 5.38. The normalized spacial score (nSPS) is 10.3. The molecule has 2 aromatic carbocycles. The first-order valence-corrected chi connectivity index (χ1v) is 6.48. The fourth-order valence-corrected chi connectivity index (χ4v) is 2.00. The van der Waals surface area contributed by atoms with Gasteiger partial charge in [-0.2, -0.15) is 0 Å². The Morgan fingerprint density at radius 2 is 1.89 bits per heavy atom. The molecular formula is C17H19O. The summed E-state index contributed by atoms with van der Waals surface area (Å²) in [5.41, 5.74) is 3.68. The molecule has 0 unspecified atom stereocenters. The summed E-state index contributed by atoms with van der Waals surface area (Å²) < 4.78 is 5.89. The summed E-state index contributed by atoms with van der Waals surface area (Å²) >= 11 is 0. The van der Waals surface area contributed by atoms with E-state index in [1.165, 1.54) is 16.7 Å². The maximum absolute atomic E-state index is 5.89. The van der Waals surface area contributed by atoms with E-state index in [0.717, 1.165) is 18.6 Å². The van der Waals surface area contributed by atoms with Gasteiger partial charge in [0.1, 0.15) is 12.4 Å². The summed E-state index contributed by atoms with van der Waals surface area (Å²) in [5, 5.41) is 0. The first kappa shape index (κ1) is 12.7. The second kappa shape index (κ2) is 6.25. The van der Waals surface area contributed by atoms with Gasteiger partial charge in [-0.05, 0) is 42.2 Å². The van der Waals surface area contributed by atoms with E-state index < -0.39 is 0 Å². The van der Waals surface area contributed by atoms with Crippen LogP contribution in [0.2, 0.25) is 0 Å². The molecule has 0 aliphatic rings. The van der Waals surface area contributed by atoms with Gasteiger partial charge in [0.2, 0.25) is 0 Å². The topological polar surface area (TPSA) is 9.23 Å². The smallest absolute Gasteiger partial charge is 0.123 e. The molecule has 0 saturated heterocycles. The highest BCUT2D eigenvalue weighted by Gasteiger charge is 2.04. The van der Waals surface area contributed by atoms with E-state index in [1.807, 2.05) is 30.3 Å². The lowest BCUT2D eigenvalue weighted by atomic mass is 10.0. The molecule has 0 N–H and O–H groups in total. The van der Waals surface area contributed by atoms with Gasteiger partial charge in [0.25, 0.3) is 0 Å². The molecule has 0 spiro atoms. The molecular weight excluding hydrogens is 220 g/mol. The van der Waals surface area contributed by atoms with Gasteiger partial charge < -0.3 is 4.74 Å². The molecule has 93 valence electrons. The third-order valence-electron chi connectivity index (χ3n) is 3.05. The molecule has 0 fully saturated rings. The van der Waals surface area contributed by atoms with Gasteiger partial charge >= 0.3 is 0 Å². The summed E-state index contributed by atoms with van der Waals surface area (Å²) in [6.45, 7) is 4.92. The minimum atomic E-state index is 0.622. The maximum Gasteiger partial charge on any atom is 0.123 e. The summed E-state index contributed by atoms with van der Waals surface area (Å²) in [6.07, 6.45) is 2.20. The first-order chi connectivity index (χ1) is 8.81. The van der Waals surface area contributed by atoms with Crippen LogP contribution < -0.4 is 4.74 Å². The minimum absolute atomic E-state index is 0.622. The molecule has 0 aliphatic heterocycles. The van der Waals surface area contributed by atoms with E-state index in [0.29, 0.717) is 6.61 Å². The van der Waals surface area contributed by atoms with E-state index in [1.54, 1.807) is 0 Å². The number of hydrogen-bond acceptors (Lipinski definition) is 1. The van der Waals surface area contributed by atoms with Crippen molar-refractivity contribution >= 4 is 0 Å². The second-order valence-corrected chi connectivity index (χ2v) is 4.47. The van der Waals surface area contributed by atoms with Crippen molar-refractivity contribution in [2.24, 2.45) is 0 Å². The molecule has 0 amide bonds. The highest BCUT2D eigenvalue weighted by Crippen LogP contribution is 2.23. The average Bonchev–Trinajstić information content (AvgIpc) is 2.41. The summed E-state index contributed by atoms with van der Waals surface area (Å²) in [4.78, 5) is 0. The molecule has 18 heavy (non-hydrogen) atoms. The molecule has 1 nitrogen and oxygen atoms in total. The minimum Gasteiger partial charge on any atom is -0.489 e. The predicted molar refractivity (Wildman–Crippen MR) is 74.8 cm³/mol. The van der Waals surface area contributed by atoms with E-state index in [9.17, 15) is 0 Å². The first-order valence-electron chi connectivity index (χ1n) is 6.48. The second-order valence-electron chi connectivity index (χ2n) is 4.47. The zero-order valence-corrected chi connectivity index (χ0v) is 11.1. The predicted octanol–water partition coefficient (Wildman–Crippen LogP) is 4.33. The Balaban J connectivity index is 2.08. The van der Waals surface area contributed by atoms with Gasteiger partial charge in [-0.25, -0.2) is 0 Å². The Kier molecular flexibility index (Phi) is 4.40. The molecule has 1 heteroatoms.